The van der Waals surface area contributed by atoms with Crippen molar-refractivity contribution in [2.45, 2.75) is 0 Å². The summed E-state index contributed by atoms with van der Waals surface area (Å²) < 4.78 is 0. The van der Waals surface area contributed by atoms with Crippen LogP contribution in [0.15, 0.2) is 42.9 Å². The monoisotopic (exact) mass is 369 g/mol. The molecule has 2 N–H and O–H groups in total. The van der Waals surface area contributed by atoms with Crippen LogP contribution in [0.2, 0.25) is 0 Å². The molecular formula is C19H27N7O+2. The van der Waals surface area contributed by atoms with Gasteiger partial charge in [0.05, 0.1) is 45.5 Å². The Morgan fingerprint density at radius 1 is 0.963 bits per heavy atom. The molecule has 0 unspecified atom stereocenters. The standard InChI is InChI=1S/C19H25N7O/c27-18(25-14-12-24(13-15-25)17-4-1-2-5-20-17)16-23-8-10-26(11-9-23)19-21-6-3-7-22-19/h1-7H,8-16H2/p+2. The molecule has 2 aliphatic heterocycles. The zero-order chi connectivity index (χ0) is 18.5. The van der Waals surface area contributed by atoms with Gasteiger partial charge in [0.25, 0.3) is 11.7 Å². The van der Waals surface area contributed by atoms with E-state index in [-0.39, 0.29) is 5.91 Å². The fourth-order valence-corrected chi connectivity index (χ4v) is 3.76. The van der Waals surface area contributed by atoms with Crippen molar-refractivity contribution in [1.29, 1.82) is 0 Å². The molecule has 1 amide bonds. The number of carbonyl (C=O) groups excluding carboxylic acids is 1. The fourth-order valence-electron chi connectivity index (χ4n) is 3.76. The number of pyridine rings is 1. The Balaban J connectivity index is 1.22. The van der Waals surface area contributed by atoms with E-state index in [1.807, 2.05) is 29.3 Å². The lowest BCUT2D eigenvalue weighted by atomic mass is 10.2. The van der Waals surface area contributed by atoms with Gasteiger partial charge < -0.3 is 14.7 Å². The van der Waals surface area contributed by atoms with Gasteiger partial charge >= 0.3 is 0 Å². The third-order valence-corrected chi connectivity index (χ3v) is 5.37. The second-order valence-electron chi connectivity index (χ2n) is 7.08. The van der Waals surface area contributed by atoms with Crippen molar-refractivity contribution < 1.29 is 14.7 Å². The molecule has 0 bridgehead atoms. The average Bonchev–Trinajstić information content (AvgIpc) is 2.76. The molecule has 8 nitrogen and oxygen atoms in total. The zero-order valence-corrected chi connectivity index (χ0v) is 15.5. The summed E-state index contributed by atoms with van der Waals surface area (Å²) in [4.78, 5) is 32.5. The highest BCUT2D eigenvalue weighted by Crippen LogP contribution is 2.09. The van der Waals surface area contributed by atoms with Crippen molar-refractivity contribution in [3.8, 4) is 0 Å². The molecule has 0 spiro atoms. The first kappa shape index (κ1) is 17.7. The van der Waals surface area contributed by atoms with Crippen LogP contribution >= 0.6 is 0 Å². The second kappa shape index (κ2) is 8.30. The summed E-state index contributed by atoms with van der Waals surface area (Å²) in [7, 11) is 0. The molecule has 0 atom stereocenters. The van der Waals surface area contributed by atoms with Gasteiger partial charge in [-0.05, 0) is 12.1 Å². The summed E-state index contributed by atoms with van der Waals surface area (Å²) in [6.45, 7) is 7.60. The SMILES string of the molecule is O=C(C[NH+]1CCN(c2ncccn2)CC1)N1CCN(c2cccc[nH+]2)CC1. The first-order chi connectivity index (χ1) is 13.3. The maximum atomic E-state index is 12.7. The van der Waals surface area contributed by atoms with Crippen LogP contribution in [0.1, 0.15) is 0 Å². The summed E-state index contributed by atoms with van der Waals surface area (Å²) in [6, 6.07) is 7.93. The Bertz CT molecular complexity index is 726. The van der Waals surface area contributed by atoms with Crippen LogP contribution in [0.5, 0.6) is 0 Å². The highest BCUT2D eigenvalue weighted by atomic mass is 16.2. The van der Waals surface area contributed by atoms with Crippen LogP contribution in [-0.4, -0.2) is 79.7 Å². The van der Waals surface area contributed by atoms with Crippen molar-refractivity contribution >= 4 is 17.7 Å². The van der Waals surface area contributed by atoms with E-state index < -0.39 is 0 Å². The molecule has 4 rings (SSSR count). The first-order valence-corrected chi connectivity index (χ1v) is 9.64. The minimum absolute atomic E-state index is 0.270. The van der Waals surface area contributed by atoms with Gasteiger partial charge in [-0.15, -0.1) is 0 Å². The molecule has 4 heterocycles. The third-order valence-electron chi connectivity index (χ3n) is 5.37. The number of piperazine rings is 2. The maximum Gasteiger partial charge on any atom is 0.278 e. The lowest BCUT2D eigenvalue weighted by Crippen LogP contribution is -3.16. The van der Waals surface area contributed by atoms with E-state index in [0.717, 1.165) is 64.1 Å². The predicted molar refractivity (Wildman–Crippen MR) is 102 cm³/mol. The van der Waals surface area contributed by atoms with E-state index >= 15 is 0 Å². The predicted octanol–water partition coefficient (Wildman–Crippen LogP) is -1.66. The number of hydrogen-bond acceptors (Lipinski definition) is 5. The van der Waals surface area contributed by atoms with Crippen molar-refractivity contribution in [2.24, 2.45) is 0 Å². The minimum Gasteiger partial charge on any atom is -0.330 e. The van der Waals surface area contributed by atoms with Gasteiger partial charge in [0.15, 0.2) is 6.54 Å². The molecule has 0 aromatic carbocycles. The third kappa shape index (κ3) is 4.33. The Hall–Kier alpha value is -2.74. The van der Waals surface area contributed by atoms with Crippen LogP contribution in [0.4, 0.5) is 11.8 Å². The van der Waals surface area contributed by atoms with Gasteiger partial charge in [-0.3, -0.25) is 9.69 Å². The molecule has 8 heteroatoms. The van der Waals surface area contributed by atoms with Crippen LogP contribution in [-0.2, 0) is 4.79 Å². The van der Waals surface area contributed by atoms with Crippen LogP contribution in [0.3, 0.4) is 0 Å². The number of H-pyrrole nitrogens is 1. The number of nitrogens with zero attached hydrogens (tertiary/aromatic N) is 5. The molecule has 2 aromatic rings. The number of aromatic amines is 1. The van der Waals surface area contributed by atoms with Gasteiger partial charge in [-0.25, -0.2) is 15.0 Å². The van der Waals surface area contributed by atoms with Crippen LogP contribution < -0.4 is 19.7 Å². The van der Waals surface area contributed by atoms with E-state index in [9.17, 15) is 4.79 Å². The Kier molecular flexibility index (Phi) is 5.43. The minimum atomic E-state index is 0.270. The summed E-state index contributed by atoms with van der Waals surface area (Å²) in [5.74, 6) is 2.18. The quantitative estimate of drug-likeness (QED) is 0.699. The van der Waals surface area contributed by atoms with Crippen molar-refractivity contribution in [3.05, 3.63) is 42.9 Å². The Morgan fingerprint density at radius 2 is 1.70 bits per heavy atom. The lowest BCUT2D eigenvalue weighted by Gasteiger charge is -2.34. The number of hydrogen-bond donors (Lipinski definition) is 1. The first-order valence-electron chi connectivity index (χ1n) is 9.64. The Labute approximate surface area is 159 Å². The van der Waals surface area contributed by atoms with E-state index in [4.69, 9.17) is 0 Å². The maximum absolute atomic E-state index is 12.7. The number of anilines is 2. The van der Waals surface area contributed by atoms with Crippen LogP contribution in [0, 0.1) is 0 Å². The summed E-state index contributed by atoms with van der Waals surface area (Å²) in [5.41, 5.74) is 0. The van der Waals surface area contributed by atoms with E-state index in [0.29, 0.717) is 6.54 Å². The zero-order valence-electron chi connectivity index (χ0n) is 15.5. The molecule has 2 aliphatic rings. The van der Waals surface area contributed by atoms with E-state index in [1.165, 1.54) is 4.90 Å². The molecule has 0 aliphatic carbocycles. The lowest BCUT2D eigenvalue weighted by molar-refractivity contribution is -0.892. The number of nitrogens with one attached hydrogen (secondary N) is 2. The molecule has 142 valence electrons. The van der Waals surface area contributed by atoms with Crippen molar-refractivity contribution in [2.75, 3.05) is 68.7 Å². The largest absolute Gasteiger partial charge is 0.330 e. The number of quaternary nitrogens is 1. The molecule has 2 fully saturated rings. The number of aromatic nitrogens is 3. The van der Waals surface area contributed by atoms with Crippen molar-refractivity contribution in [1.82, 2.24) is 14.9 Å². The molecule has 27 heavy (non-hydrogen) atoms. The van der Waals surface area contributed by atoms with Crippen molar-refractivity contribution in [3.63, 3.8) is 0 Å². The molecule has 0 saturated carbocycles. The van der Waals surface area contributed by atoms with Gasteiger partial charge in [-0.1, -0.05) is 6.07 Å². The summed E-state index contributed by atoms with van der Waals surface area (Å²) in [5, 5.41) is 0. The topological polar surface area (TPSA) is 71.2 Å². The average molecular weight is 369 g/mol. The molecular weight excluding hydrogens is 342 g/mol. The number of carbonyl (C=O) groups is 1. The van der Waals surface area contributed by atoms with Gasteiger partial charge in [0.1, 0.15) is 13.1 Å². The molecule has 2 aromatic heterocycles. The summed E-state index contributed by atoms with van der Waals surface area (Å²) >= 11 is 0. The Morgan fingerprint density at radius 3 is 2.37 bits per heavy atom. The molecule has 0 radical (unpaired) electrons. The number of amides is 1. The number of rotatable bonds is 4. The molecule has 2 saturated heterocycles. The van der Waals surface area contributed by atoms with E-state index in [2.05, 4.69) is 30.8 Å². The van der Waals surface area contributed by atoms with Gasteiger partial charge in [-0.2, -0.15) is 0 Å². The van der Waals surface area contributed by atoms with E-state index in [1.54, 1.807) is 12.4 Å². The highest BCUT2D eigenvalue weighted by Gasteiger charge is 2.29. The van der Waals surface area contributed by atoms with Gasteiger partial charge in [0, 0.05) is 18.5 Å². The fraction of sp³-hybridized carbons (Fsp3) is 0.474. The highest BCUT2D eigenvalue weighted by molar-refractivity contribution is 5.77. The normalized spacial score (nSPS) is 18.6. The smallest absolute Gasteiger partial charge is 0.278 e. The second-order valence-corrected chi connectivity index (χ2v) is 7.08. The van der Waals surface area contributed by atoms with Gasteiger partial charge in [0.2, 0.25) is 5.95 Å². The van der Waals surface area contributed by atoms with Crippen LogP contribution in [0.25, 0.3) is 0 Å². The summed E-state index contributed by atoms with van der Waals surface area (Å²) in [6.07, 6.45) is 5.49.